The Kier molecular flexibility index (Phi) is 5.33. The van der Waals surface area contributed by atoms with Crippen LogP contribution in [0.15, 0.2) is 22.7 Å². The molecule has 1 N–H and O–H groups in total. The SMILES string of the molecule is COc1ccc(C(C)NC(C)C(F)F)cc1Br. The van der Waals surface area contributed by atoms with E-state index in [1.807, 2.05) is 25.1 Å². The van der Waals surface area contributed by atoms with Crippen molar-refractivity contribution in [1.29, 1.82) is 0 Å². The van der Waals surface area contributed by atoms with Crippen molar-refractivity contribution in [3.8, 4) is 5.75 Å². The summed E-state index contributed by atoms with van der Waals surface area (Å²) >= 11 is 3.37. The Labute approximate surface area is 108 Å². The van der Waals surface area contributed by atoms with Crippen LogP contribution in [0.25, 0.3) is 0 Å². The molecule has 1 aromatic carbocycles. The molecule has 2 atom stereocenters. The van der Waals surface area contributed by atoms with Gasteiger partial charge in [0, 0.05) is 6.04 Å². The summed E-state index contributed by atoms with van der Waals surface area (Å²) in [6.45, 7) is 3.33. The molecule has 0 fully saturated rings. The summed E-state index contributed by atoms with van der Waals surface area (Å²) in [4.78, 5) is 0. The van der Waals surface area contributed by atoms with E-state index in [9.17, 15) is 8.78 Å². The van der Waals surface area contributed by atoms with Crippen molar-refractivity contribution in [2.45, 2.75) is 32.4 Å². The molecule has 0 amide bonds. The molecule has 1 aromatic rings. The molecule has 0 spiro atoms. The highest BCUT2D eigenvalue weighted by Crippen LogP contribution is 2.28. The lowest BCUT2D eigenvalue weighted by atomic mass is 10.1. The molecule has 0 aliphatic rings. The highest BCUT2D eigenvalue weighted by Gasteiger charge is 2.17. The minimum atomic E-state index is -2.36. The van der Waals surface area contributed by atoms with Crippen LogP contribution in [0.4, 0.5) is 8.78 Å². The van der Waals surface area contributed by atoms with Gasteiger partial charge in [-0.25, -0.2) is 8.78 Å². The maximum absolute atomic E-state index is 12.4. The van der Waals surface area contributed by atoms with Crippen LogP contribution in [-0.4, -0.2) is 19.6 Å². The van der Waals surface area contributed by atoms with Crippen LogP contribution >= 0.6 is 15.9 Å². The second-order valence-corrected chi connectivity index (χ2v) is 4.76. The van der Waals surface area contributed by atoms with E-state index < -0.39 is 12.5 Å². The van der Waals surface area contributed by atoms with Crippen LogP contribution in [0.2, 0.25) is 0 Å². The Morgan fingerprint density at radius 1 is 1.29 bits per heavy atom. The van der Waals surface area contributed by atoms with Gasteiger partial charge in [-0.15, -0.1) is 0 Å². The molecule has 17 heavy (non-hydrogen) atoms. The molecule has 2 unspecified atom stereocenters. The Bertz CT molecular complexity index is 374. The normalized spacial score (nSPS) is 14.8. The molecule has 0 bridgehead atoms. The summed E-state index contributed by atoms with van der Waals surface area (Å²) in [5.74, 6) is 0.725. The van der Waals surface area contributed by atoms with Crippen LogP contribution in [0.5, 0.6) is 5.75 Å². The van der Waals surface area contributed by atoms with Crippen molar-refractivity contribution < 1.29 is 13.5 Å². The van der Waals surface area contributed by atoms with Gasteiger partial charge in [0.15, 0.2) is 0 Å². The fourth-order valence-electron chi connectivity index (χ4n) is 1.52. The van der Waals surface area contributed by atoms with Gasteiger partial charge >= 0.3 is 0 Å². The molecule has 0 aromatic heterocycles. The second-order valence-electron chi connectivity index (χ2n) is 3.91. The Morgan fingerprint density at radius 3 is 2.41 bits per heavy atom. The van der Waals surface area contributed by atoms with Crippen molar-refractivity contribution in [1.82, 2.24) is 5.32 Å². The zero-order valence-corrected chi connectivity index (χ0v) is 11.6. The first kappa shape index (κ1) is 14.4. The summed E-state index contributed by atoms with van der Waals surface area (Å²) in [6.07, 6.45) is -2.36. The van der Waals surface area contributed by atoms with Gasteiger partial charge in [0.05, 0.1) is 17.6 Å². The van der Waals surface area contributed by atoms with Gasteiger partial charge in [0.2, 0.25) is 0 Å². The second kappa shape index (κ2) is 6.31. The summed E-state index contributed by atoms with van der Waals surface area (Å²) in [5, 5.41) is 2.85. The molecule has 0 saturated heterocycles. The van der Waals surface area contributed by atoms with E-state index in [0.717, 1.165) is 15.8 Å². The number of hydrogen-bond acceptors (Lipinski definition) is 2. The zero-order chi connectivity index (χ0) is 13.0. The van der Waals surface area contributed by atoms with E-state index >= 15 is 0 Å². The van der Waals surface area contributed by atoms with Crippen molar-refractivity contribution in [3.05, 3.63) is 28.2 Å². The number of methoxy groups -OCH3 is 1. The predicted molar refractivity (Wildman–Crippen MR) is 67.7 cm³/mol. The maximum atomic E-state index is 12.4. The first-order valence-corrected chi connectivity index (χ1v) is 6.12. The molecule has 0 radical (unpaired) electrons. The molecule has 2 nitrogen and oxygen atoms in total. The first-order chi connectivity index (χ1) is 7.95. The van der Waals surface area contributed by atoms with Crippen LogP contribution in [0.1, 0.15) is 25.5 Å². The van der Waals surface area contributed by atoms with E-state index in [4.69, 9.17) is 4.74 Å². The molecule has 1 rings (SSSR count). The Balaban J connectivity index is 2.76. The van der Waals surface area contributed by atoms with Gasteiger partial charge in [-0.3, -0.25) is 0 Å². The molecule has 0 aliphatic heterocycles. The average molecular weight is 308 g/mol. The maximum Gasteiger partial charge on any atom is 0.253 e. The number of benzene rings is 1. The summed E-state index contributed by atoms with van der Waals surface area (Å²) in [5.41, 5.74) is 0.935. The molecule has 0 saturated carbocycles. The van der Waals surface area contributed by atoms with Gasteiger partial charge < -0.3 is 10.1 Å². The van der Waals surface area contributed by atoms with Gasteiger partial charge in [-0.1, -0.05) is 6.07 Å². The Morgan fingerprint density at radius 2 is 1.94 bits per heavy atom. The van der Waals surface area contributed by atoms with Crippen LogP contribution in [0.3, 0.4) is 0 Å². The molecule has 5 heteroatoms. The van der Waals surface area contributed by atoms with Crippen molar-refractivity contribution >= 4 is 15.9 Å². The lowest BCUT2D eigenvalue weighted by molar-refractivity contribution is 0.101. The van der Waals surface area contributed by atoms with E-state index in [2.05, 4.69) is 21.2 Å². The zero-order valence-electron chi connectivity index (χ0n) is 10.0. The molecule has 0 aliphatic carbocycles. The third-order valence-corrected chi connectivity index (χ3v) is 3.19. The van der Waals surface area contributed by atoms with Gasteiger partial charge in [0.25, 0.3) is 6.43 Å². The average Bonchev–Trinajstić information content (AvgIpc) is 2.28. The van der Waals surface area contributed by atoms with E-state index in [-0.39, 0.29) is 6.04 Å². The molecular formula is C12H16BrF2NO. The third kappa shape index (κ3) is 3.92. The van der Waals surface area contributed by atoms with Crippen molar-refractivity contribution in [2.75, 3.05) is 7.11 Å². The van der Waals surface area contributed by atoms with Crippen molar-refractivity contribution in [2.24, 2.45) is 0 Å². The fourth-order valence-corrected chi connectivity index (χ4v) is 2.07. The van der Waals surface area contributed by atoms with Crippen molar-refractivity contribution in [3.63, 3.8) is 0 Å². The summed E-state index contributed by atoms with van der Waals surface area (Å²) in [7, 11) is 1.58. The number of halogens is 3. The fraction of sp³-hybridized carbons (Fsp3) is 0.500. The van der Waals surface area contributed by atoms with Crippen LogP contribution < -0.4 is 10.1 Å². The van der Waals surface area contributed by atoms with E-state index in [0.29, 0.717) is 0 Å². The van der Waals surface area contributed by atoms with Crippen LogP contribution in [-0.2, 0) is 0 Å². The predicted octanol–water partition coefficient (Wildman–Crippen LogP) is 3.76. The Hall–Kier alpha value is -0.680. The monoisotopic (exact) mass is 307 g/mol. The smallest absolute Gasteiger partial charge is 0.253 e. The van der Waals surface area contributed by atoms with Gasteiger partial charge in [0.1, 0.15) is 5.75 Å². The number of nitrogens with one attached hydrogen (secondary N) is 1. The summed E-state index contributed by atoms with van der Waals surface area (Å²) in [6, 6.07) is 4.57. The quantitative estimate of drug-likeness (QED) is 0.894. The highest BCUT2D eigenvalue weighted by atomic mass is 79.9. The third-order valence-electron chi connectivity index (χ3n) is 2.57. The molecule has 96 valence electrons. The first-order valence-electron chi connectivity index (χ1n) is 5.33. The number of hydrogen-bond donors (Lipinski definition) is 1. The summed E-state index contributed by atoms with van der Waals surface area (Å²) < 4.78 is 30.7. The number of alkyl halides is 2. The van der Waals surface area contributed by atoms with E-state index in [1.54, 1.807) is 7.11 Å². The largest absolute Gasteiger partial charge is 0.496 e. The molecule has 0 heterocycles. The van der Waals surface area contributed by atoms with Gasteiger partial charge in [-0.2, -0.15) is 0 Å². The van der Waals surface area contributed by atoms with Crippen LogP contribution in [0, 0.1) is 0 Å². The lowest BCUT2D eigenvalue weighted by Crippen LogP contribution is -2.34. The number of ether oxygens (including phenoxy) is 1. The topological polar surface area (TPSA) is 21.3 Å². The lowest BCUT2D eigenvalue weighted by Gasteiger charge is -2.20. The standard InChI is InChI=1S/C12H16BrF2NO/c1-7(16-8(2)12(14)15)9-4-5-11(17-3)10(13)6-9/h4-8,12,16H,1-3H3. The van der Waals surface area contributed by atoms with E-state index in [1.165, 1.54) is 6.92 Å². The number of rotatable bonds is 5. The minimum absolute atomic E-state index is 0.138. The minimum Gasteiger partial charge on any atom is -0.496 e. The highest BCUT2D eigenvalue weighted by molar-refractivity contribution is 9.10. The van der Waals surface area contributed by atoms with Gasteiger partial charge in [-0.05, 0) is 47.5 Å². The molecular weight excluding hydrogens is 292 g/mol.